The SMILES string of the molecule is CCc1ncnc(N(C)C2CCCCC2C)c1F. The Labute approximate surface area is 108 Å². The molecule has 1 saturated carbocycles. The van der Waals surface area contributed by atoms with Crippen LogP contribution >= 0.6 is 0 Å². The fraction of sp³-hybridized carbons (Fsp3) is 0.714. The number of nitrogens with zero attached hydrogens (tertiary/aromatic N) is 3. The first-order valence-corrected chi connectivity index (χ1v) is 6.87. The van der Waals surface area contributed by atoms with Gasteiger partial charge in [-0.15, -0.1) is 0 Å². The van der Waals surface area contributed by atoms with Crippen LogP contribution in [0.25, 0.3) is 0 Å². The van der Waals surface area contributed by atoms with Crippen LogP contribution in [0.4, 0.5) is 10.2 Å². The van der Waals surface area contributed by atoms with Gasteiger partial charge in [0.1, 0.15) is 6.33 Å². The summed E-state index contributed by atoms with van der Waals surface area (Å²) in [6.07, 6.45) is 6.95. The summed E-state index contributed by atoms with van der Waals surface area (Å²) < 4.78 is 14.2. The fourth-order valence-corrected chi connectivity index (χ4v) is 2.92. The smallest absolute Gasteiger partial charge is 0.187 e. The van der Waals surface area contributed by atoms with Gasteiger partial charge in [-0.25, -0.2) is 14.4 Å². The Kier molecular flexibility index (Phi) is 4.15. The van der Waals surface area contributed by atoms with Crippen molar-refractivity contribution in [2.75, 3.05) is 11.9 Å². The zero-order valence-corrected chi connectivity index (χ0v) is 11.5. The lowest BCUT2D eigenvalue weighted by molar-refractivity contribution is 0.318. The maximum atomic E-state index is 14.2. The molecule has 0 aliphatic heterocycles. The van der Waals surface area contributed by atoms with E-state index in [1.165, 1.54) is 25.6 Å². The van der Waals surface area contributed by atoms with Crippen molar-refractivity contribution in [2.45, 2.75) is 52.0 Å². The molecular formula is C14H22FN3. The molecule has 0 N–H and O–H groups in total. The molecule has 100 valence electrons. The van der Waals surface area contributed by atoms with Crippen LogP contribution in [0.5, 0.6) is 0 Å². The van der Waals surface area contributed by atoms with Crippen LogP contribution in [0.15, 0.2) is 6.33 Å². The van der Waals surface area contributed by atoms with Gasteiger partial charge in [0.15, 0.2) is 11.6 Å². The lowest BCUT2D eigenvalue weighted by Crippen LogP contribution is -2.40. The maximum absolute atomic E-state index is 14.2. The normalized spacial score (nSPS) is 24.0. The van der Waals surface area contributed by atoms with E-state index in [9.17, 15) is 4.39 Å². The summed E-state index contributed by atoms with van der Waals surface area (Å²) in [6, 6.07) is 0.396. The Bertz CT molecular complexity index is 408. The van der Waals surface area contributed by atoms with Gasteiger partial charge in [0, 0.05) is 13.1 Å². The van der Waals surface area contributed by atoms with Crippen molar-refractivity contribution in [2.24, 2.45) is 5.92 Å². The van der Waals surface area contributed by atoms with Crippen molar-refractivity contribution in [3.05, 3.63) is 17.8 Å². The second-order valence-corrected chi connectivity index (χ2v) is 5.25. The second kappa shape index (κ2) is 5.63. The fourth-order valence-electron chi connectivity index (χ4n) is 2.92. The molecule has 1 aromatic heterocycles. The molecule has 3 nitrogen and oxygen atoms in total. The van der Waals surface area contributed by atoms with Crippen molar-refractivity contribution in [1.29, 1.82) is 0 Å². The van der Waals surface area contributed by atoms with E-state index in [1.54, 1.807) is 0 Å². The number of halogens is 1. The van der Waals surface area contributed by atoms with Crippen molar-refractivity contribution in [3.8, 4) is 0 Å². The van der Waals surface area contributed by atoms with Crippen LogP contribution in [-0.2, 0) is 6.42 Å². The van der Waals surface area contributed by atoms with Crippen LogP contribution in [0.3, 0.4) is 0 Å². The average Bonchev–Trinajstić information content (AvgIpc) is 2.39. The number of aryl methyl sites for hydroxylation is 1. The standard InChI is InChI=1S/C14H22FN3/c1-4-11-13(15)14(17-9-16-11)18(3)12-8-6-5-7-10(12)2/h9-10,12H,4-8H2,1-3H3. The first-order valence-electron chi connectivity index (χ1n) is 6.87. The van der Waals surface area contributed by atoms with Gasteiger partial charge in [-0.3, -0.25) is 0 Å². The molecular weight excluding hydrogens is 229 g/mol. The molecule has 1 fully saturated rings. The number of anilines is 1. The van der Waals surface area contributed by atoms with Gasteiger partial charge in [-0.05, 0) is 25.2 Å². The van der Waals surface area contributed by atoms with E-state index in [-0.39, 0.29) is 5.82 Å². The molecule has 2 atom stereocenters. The van der Waals surface area contributed by atoms with Crippen molar-refractivity contribution in [3.63, 3.8) is 0 Å². The van der Waals surface area contributed by atoms with Crippen molar-refractivity contribution >= 4 is 5.82 Å². The van der Waals surface area contributed by atoms with E-state index in [0.29, 0.717) is 29.9 Å². The summed E-state index contributed by atoms with van der Waals surface area (Å²) in [5.74, 6) is 0.809. The first kappa shape index (κ1) is 13.2. The van der Waals surface area contributed by atoms with E-state index < -0.39 is 0 Å². The van der Waals surface area contributed by atoms with Crippen LogP contribution in [0.2, 0.25) is 0 Å². The molecule has 1 heterocycles. The second-order valence-electron chi connectivity index (χ2n) is 5.25. The van der Waals surface area contributed by atoms with E-state index >= 15 is 0 Å². The molecule has 0 spiro atoms. The largest absolute Gasteiger partial charge is 0.354 e. The van der Waals surface area contributed by atoms with Gasteiger partial charge >= 0.3 is 0 Å². The third-order valence-corrected chi connectivity index (χ3v) is 4.08. The molecule has 4 heteroatoms. The lowest BCUT2D eigenvalue weighted by Gasteiger charge is -2.37. The summed E-state index contributed by atoms with van der Waals surface area (Å²) in [5.41, 5.74) is 0.510. The van der Waals surface area contributed by atoms with Crippen LogP contribution < -0.4 is 4.90 Å². The Balaban J connectivity index is 2.24. The number of rotatable bonds is 3. The van der Waals surface area contributed by atoms with Crippen LogP contribution in [-0.4, -0.2) is 23.1 Å². The van der Waals surface area contributed by atoms with E-state index in [4.69, 9.17) is 0 Å². The van der Waals surface area contributed by atoms with Gasteiger partial charge in [-0.2, -0.15) is 0 Å². The maximum Gasteiger partial charge on any atom is 0.187 e. The van der Waals surface area contributed by atoms with E-state index in [0.717, 1.165) is 6.42 Å². The summed E-state index contributed by atoms with van der Waals surface area (Å²) in [4.78, 5) is 10.1. The number of aromatic nitrogens is 2. The van der Waals surface area contributed by atoms with Crippen LogP contribution in [0.1, 0.15) is 45.2 Å². The van der Waals surface area contributed by atoms with Gasteiger partial charge < -0.3 is 4.90 Å². The number of hydrogen-bond acceptors (Lipinski definition) is 3. The topological polar surface area (TPSA) is 29.0 Å². The van der Waals surface area contributed by atoms with Crippen LogP contribution in [0, 0.1) is 11.7 Å². The minimum absolute atomic E-state index is 0.250. The predicted molar refractivity (Wildman–Crippen MR) is 71.2 cm³/mol. The van der Waals surface area contributed by atoms with Gasteiger partial charge in [0.25, 0.3) is 0 Å². The van der Waals surface area contributed by atoms with E-state index in [1.807, 2.05) is 18.9 Å². The van der Waals surface area contributed by atoms with E-state index in [2.05, 4.69) is 16.9 Å². The molecule has 0 amide bonds. The molecule has 0 radical (unpaired) electrons. The first-order chi connectivity index (χ1) is 8.65. The molecule has 1 aliphatic carbocycles. The summed E-state index contributed by atoms with van der Waals surface area (Å²) in [5, 5.41) is 0. The summed E-state index contributed by atoms with van der Waals surface area (Å²) in [7, 11) is 1.96. The monoisotopic (exact) mass is 251 g/mol. The van der Waals surface area contributed by atoms with Gasteiger partial charge in [0.2, 0.25) is 0 Å². The minimum Gasteiger partial charge on any atom is -0.354 e. The highest BCUT2D eigenvalue weighted by atomic mass is 19.1. The zero-order chi connectivity index (χ0) is 13.1. The molecule has 1 aliphatic rings. The van der Waals surface area contributed by atoms with Gasteiger partial charge in [0.05, 0.1) is 5.69 Å². The Morgan fingerprint density at radius 2 is 2.06 bits per heavy atom. The van der Waals surface area contributed by atoms with Crippen molar-refractivity contribution < 1.29 is 4.39 Å². The minimum atomic E-state index is -0.250. The molecule has 0 aromatic carbocycles. The average molecular weight is 251 g/mol. The molecule has 0 bridgehead atoms. The highest BCUT2D eigenvalue weighted by Crippen LogP contribution is 2.30. The highest BCUT2D eigenvalue weighted by molar-refractivity contribution is 5.41. The Morgan fingerprint density at radius 1 is 1.33 bits per heavy atom. The highest BCUT2D eigenvalue weighted by Gasteiger charge is 2.27. The molecule has 0 saturated heterocycles. The summed E-state index contributed by atoms with van der Waals surface area (Å²) in [6.45, 7) is 4.17. The van der Waals surface area contributed by atoms with Gasteiger partial charge in [-0.1, -0.05) is 26.7 Å². The third-order valence-electron chi connectivity index (χ3n) is 4.08. The Morgan fingerprint density at radius 3 is 2.72 bits per heavy atom. The molecule has 1 aromatic rings. The molecule has 18 heavy (non-hydrogen) atoms. The summed E-state index contributed by atoms with van der Waals surface area (Å²) >= 11 is 0. The Hall–Kier alpha value is -1.19. The van der Waals surface area contributed by atoms with Crippen molar-refractivity contribution in [1.82, 2.24) is 9.97 Å². The molecule has 2 rings (SSSR count). The molecule has 2 unspecified atom stereocenters. The zero-order valence-electron chi connectivity index (χ0n) is 11.5. The lowest BCUT2D eigenvalue weighted by atomic mass is 9.85. The predicted octanol–water partition coefficient (Wildman–Crippen LogP) is 3.19. The quantitative estimate of drug-likeness (QED) is 0.826. The third kappa shape index (κ3) is 2.47. The number of hydrogen-bond donors (Lipinski definition) is 0.